The summed E-state index contributed by atoms with van der Waals surface area (Å²) in [4.78, 5) is 11.4. The molecule has 0 radical (unpaired) electrons. The first kappa shape index (κ1) is 13.9. The van der Waals surface area contributed by atoms with E-state index in [1.165, 1.54) is 0 Å². The number of carbonyl (C=O) groups is 1. The number of nitrogen functional groups attached to an aromatic ring is 1. The van der Waals surface area contributed by atoms with E-state index in [1.807, 2.05) is 25.1 Å². The Bertz CT molecular complexity index is 380. The van der Waals surface area contributed by atoms with Gasteiger partial charge in [0.15, 0.2) is 0 Å². The van der Waals surface area contributed by atoms with Crippen LogP contribution in [0, 0.1) is 6.92 Å². The number of unbranched alkanes of at least 4 members (excludes halogenated alkanes) is 2. The summed E-state index contributed by atoms with van der Waals surface area (Å²) in [6.07, 6.45) is 3.03. The Morgan fingerprint density at radius 2 is 2.12 bits per heavy atom. The molecule has 0 saturated carbocycles. The quantitative estimate of drug-likeness (QED) is 0.444. The maximum absolute atomic E-state index is 10.3. The molecule has 1 aromatic rings. The molecule has 0 aliphatic rings. The highest BCUT2D eigenvalue weighted by Crippen LogP contribution is 2.28. The van der Waals surface area contributed by atoms with Crippen LogP contribution in [0.3, 0.4) is 0 Å². The molecular weight excluding hydrogens is 234 g/mol. The number of anilines is 1. The van der Waals surface area contributed by atoms with Crippen LogP contribution in [0.2, 0.25) is 0 Å². The normalized spacial score (nSPS) is 10.4. The molecule has 3 nitrogen and oxygen atoms in total. The van der Waals surface area contributed by atoms with E-state index in [0.717, 1.165) is 41.2 Å². The highest BCUT2D eigenvalue weighted by molar-refractivity contribution is 7.99. The number of aryl methyl sites for hydroxylation is 1. The van der Waals surface area contributed by atoms with Crippen molar-refractivity contribution in [2.45, 2.75) is 37.5 Å². The highest BCUT2D eigenvalue weighted by atomic mass is 32.2. The minimum atomic E-state index is -0.708. The first-order valence-electron chi connectivity index (χ1n) is 5.81. The fourth-order valence-electron chi connectivity index (χ4n) is 1.52. The van der Waals surface area contributed by atoms with Gasteiger partial charge < -0.3 is 10.8 Å². The topological polar surface area (TPSA) is 63.3 Å². The van der Waals surface area contributed by atoms with Crippen LogP contribution in [0.5, 0.6) is 0 Å². The van der Waals surface area contributed by atoms with Crippen LogP contribution in [-0.4, -0.2) is 16.8 Å². The highest BCUT2D eigenvalue weighted by Gasteiger charge is 2.02. The van der Waals surface area contributed by atoms with E-state index in [1.54, 1.807) is 11.8 Å². The molecule has 0 heterocycles. The molecule has 0 spiro atoms. The summed E-state index contributed by atoms with van der Waals surface area (Å²) in [5, 5.41) is 8.49. The van der Waals surface area contributed by atoms with E-state index in [4.69, 9.17) is 10.8 Å². The lowest BCUT2D eigenvalue weighted by Crippen LogP contribution is -1.95. The van der Waals surface area contributed by atoms with Gasteiger partial charge in [-0.05, 0) is 37.1 Å². The van der Waals surface area contributed by atoms with Crippen LogP contribution in [0.25, 0.3) is 0 Å². The lowest BCUT2D eigenvalue weighted by atomic mass is 10.2. The zero-order valence-electron chi connectivity index (χ0n) is 10.1. The van der Waals surface area contributed by atoms with Crippen molar-refractivity contribution < 1.29 is 9.90 Å². The number of carboxylic acids is 1. The SMILES string of the molecule is Cc1cccc(SCCCCCC(=O)O)c1N. The summed E-state index contributed by atoms with van der Waals surface area (Å²) in [5.74, 6) is 0.286. The average Bonchev–Trinajstić information content (AvgIpc) is 2.28. The van der Waals surface area contributed by atoms with Crippen LogP contribution in [0.15, 0.2) is 23.1 Å². The Morgan fingerprint density at radius 1 is 1.35 bits per heavy atom. The predicted octanol–water partition coefficient (Wildman–Crippen LogP) is 3.31. The van der Waals surface area contributed by atoms with Crippen molar-refractivity contribution in [3.63, 3.8) is 0 Å². The summed E-state index contributed by atoms with van der Waals surface area (Å²) >= 11 is 1.75. The van der Waals surface area contributed by atoms with Crippen LogP contribution in [-0.2, 0) is 4.79 Å². The number of benzene rings is 1. The maximum atomic E-state index is 10.3. The van der Waals surface area contributed by atoms with Crippen molar-refractivity contribution in [2.75, 3.05) is 11.5 Å². The number of carboxylic acid groups (broad SMARTS) is 1. The molecule has 0 aliphatic heterocycles. The summed E-state index contributed by atoms with van der Waals surface area (Å²) < 4.78 is 0. The second-order valence-corrected chi connectivity index (χ2v) is 5.18. The van der Waals surface area contributed by atoms with Gasteiger partial charge in [0.2, 0.25) is 0 Å². The van der Waals surface area contributed by atoms with Gasteiger partial charge in [0, 0.05) is 17.0 Å². The van der Waals surface area contributed by atoms with Gasteiger partial charge in [-0.15, -0.1) is 11.8 Å². The Balaban J connectivity index is 2.22. The Morgan fingerprint density at radius 3 is 2.82 bits per heavy atom. The summed E-state index contributed by atoms with van der Waals surface area (Å²) in [5.41, 5.74) is 7.94. The zero-order valence-corrected chi connectivity index (χ0v) is 10.9. The molecule has 4 heteroatoms. The van der Waals surface area contributed by atoms with Crippen molar-refractivity contribution in [3.8, 4) is 0 Å². The molecule has 0 aliphatic carbocycles. The summed E-state index contributed by atoms with van der Waals surface area (Å²) in [7, 11) is 0. The van der Waals surface area contributed by atoms with E-state index in [9.17, 15) is 4.79 Å². The number of thioether (sulfide) groups is 1. The van der Waals surface area contributed by atoms with Gasteiger partial charge in [0.25, 0.3) is 0 Å². The lowest BCUT2D eigenvalue weighted by molar-refractivity contribution is -0.137. The van der Waals surface area contributed by atoms with Gasteiger partial charge in [-0.2, -0.15) is 0 Å². The van der Waals surface area contributed by atoms with E-state index in [-0.39, 0.29) is 6.42 Å². The fourth-order valence-corrected chi connectivity index (χ4v) is 2.58. The molecule has 0 amide bonds. The van der Waals surface area contributed by atoms with Gasteiger partial charge in [-0.1, -0.05) is 18.6 Å². The molecule has 0 unspecified atom stereocenters. The van der Waals surface area contributed by atoms with E-state index >= 15 is 0 Å². The predicted molar refractivity (Wildman–Crippen MR) is 72.4 cm³/mol. The number of hydrogen-bond donors (Lipinski definition) is 2. The average molecular weight is 253 g/mol. The van der Waals surface area contributed by atoms with Crippen molar-refractivity contribution in [2.24, 2.45) is 0 Å². The molecular formula is C13H19NO2S. The third kappa shape index (κ3) is 5.13. The Hall–Kier alpha value is -1.16. The van der Waals surface area contributed by atoms with Gasteiger partial charge in [-0.3, -0.25) is 4.79 Å². The smallest absolute Gasteiger partial charge is 0.303 e. The number of nitrogens with two attached hydrogens (primary N) is 1. The minimum Gasteiger partial charge on any atom is -0.481 e. The largest absolute Gasteiger partial charge is 0.481 e. The first-order valence-corrected chi connectivity index (χ1v) is 6.79. The number of hydrogen-bond acceptors (Lipinski definition) is 3. The molecule has 0 atom stereocenters. The molecule has 1 rings (SSSR count). The van der Waals surface area contributed by atoms with E-state index in [2.05, 4.69) is 0 Å². The molecule has 0 bridgehead atoms. The van der Waals surface area contributed by atoms with Crippen LogP contribution in [0.4, 0.5) is 5.69 Å². The molecule has 0 saturated heterocycles. The second-order valence-electron chi connectivity index (χ2n) is 4.04. The molecule has 94 valence electrons. The maximum Gasteiger partial charge on any atom is 0.303 e. The monoisotopic (exact) mass is 253 g/mol. The van der Waals surface area contributed by atoms with Gasteiger partial charge >= 0.3 is 5.97 Å². The molecule has 0 fully saturated rings. The molecule has 1 aromatic carbocycles. The van der Waals surface area contributed by atoms with Crippen LogP contribution in [0.1, 0.15) is 31.2 Å². The van der Waals surface area contributed by atoms with Gasteiger partial charge in [0.05, 0.1) is 0 Å². The second kappa shape index (κ2) is 7.22. The summed E-state index contributed by atoms with van der Waals surface area (Å²) in [6.45, 7) is 2.01. The third-order valence-electron chi connectivity index (χ3n) is 2.58. The van der Waals surface area contributed by atoms with E-state index < -0.39 is 5.97 Å². The molecule has 0 aromatic heterocycles. The van der Waals surface area contributed by atoms with Crippen LogP contribution < -0.4 is 5.73 Å². The van der Waals surface area contributed by atoms with Crippen molar-refractivity contribution in [1.29, 1.82) is 0 Å². The van der Waals surface area contributed by atoms with E-state index in [0.29, 0.717) is 0 Å². The first-order chi connectivity index (χ1) is 8.11. The third-order valence-corrected chi connectivity index (χ3v) is 3.74. The van der Waals surface area contributed by atoms with Gasteiger partial charge in [-0.25, -0.2) is 0 Å². The standard InChI is InChI=1S/C13H19NO2S/c1-10-6-5-7-11(13(10)14)17-9-4-2-3-8-12(15)16/h5-7H,2-4,8-9,14H2,1H3,(H,15,16). The Labute approximate surface area is 106 Å². The zero-order chi connectivity index (χ0) is 12.7. The molecule has 3 N–H and O–H groups in total. The fraction of sp³-hybridized carbons (Fsp3) is 0.462. The van der Waals surface area contributed by atoms with Crippen molar-refractivity contribution >= 4 is 23.4 Å². The Kier molecular flexibility index (Phi) is 5.91. The van der Waals surface area contributed by atoms with Crippen molar-refractivity contribution in [1.82, 2.24) is 0 Å². The number of aliphatic carboxylic acids is 1. The lowest BCUT2D eigenvalue weighted by Gasteiger charge is -2.07. The number of rotatable bonds is 7. The summed E-state index contributed by atoms with van der Waals surface area (Å²) in [6, 6.07) is 6.05. The minimum absolute atomic E-state index is 0.275. The van der Waals surface area contributed by atoms with Crippen LogP contribution >= 0.6 is 11.8 Å². The van der Waals surface area contributed by atoms with Crippen molar-refractivity contribution in [3.05, 3.63) is 23.8 Å². The number of para-hydroxylation sites is 1. The van der Waals surface area contributed by atoms with Gasteiger partial charge in [0.1, 0.15) is 0 Å². The molecule has 17 heavy (non-hydrogen) atoms.